The minimum absolute atomic E-state index is 0.267. The van der Waals surface area contributed by atoms with Crippen LogP contribution in [-0.2, 0) is 6.54 Å². The Bertz CT molecular complexity index is 568. The van der Waals surface area contributed by atoms with Crippen molar-refractivity contribution < 1.29 is 8.81 Å². The van der Waals surface area contributed by atoms with Crippen molar-refractivity contribution in [3.05, 3.63) is 42.0 Å². The molecule has 5 heteroatoms. The van der Waals surface area contributed by atoms with Gasteiger partial charge in [-0.15, -0.1) is 0 Å². The van der Waals surface area contributed by atoms with Gasteiger partial charge < -0.3 is 9.73 Å². The van der Waals surface area contributed by atoms with Gasteiger partial charge in [-0.3, -0.25) is 4.90 Å². The van der Waals surface area contributed by atoms with Crippen molar-refractivity contribution in [1.82, 2.24) is 10.3 Å². The van der Waals surface area contributed by atoms with Gasteiger partial charge in [-0.05, 0) is 37.6 Å². The van der Waals surface area contributed by atoms with Gasteiger partial charge in [0.2, 0.25) is 0 Å². The van der Waals surface area contributed by atoms with Gasteiger partial charge in [-0.25, -0.2) is 4.39 Å². The molecule has 0 aliphatic rings. The van der Waals surface area contributed by atoms with E-state index >= 15 is 0 Å². The largest absolute Gasteiger partial charge is 0.431 e. The molecule has 0 amide bonds. The molecule has 1 heterocycles. The minimum Gasteiger partial charge on any atom is -0.431 e. The summed E-state index contributed by atoms with van der Waals surface area (Å²) in [5.41, 5.74) is 1.58. The molecule has 21 heavy (non-hydrogen) atoms. The maximum atomic E-state index is 13.3. The molecule has 1 aromatic carbocycles. The average molecular weight is 291 g/mol. The Hall–Kier alpha value is -1.88. The highest BCUT2D eigenvalue weighted by Crippen LogP contribution is 2.24. The summed E-state index contributed by atoms with van der Waals surface area (Å²) in [6.07, 6.45) is 1.64. The molecule has 114 valence electrons. The van der Waals surface area contributed by atoms with Gasteiger partial charge in [0, 0.05) is 18.8 Å². The summed E-state index contributed by atoms with van der Waals surface area (Å²) in [7, 11) is 0. The molecule has 0 atom stereocenters. The molecular weight excluding hydrogens is 269 g/mol. The van der Waals surface area contributed by atoms with Gasteiger partial charge in [0.25, 0.3) is 0 Å². The molecule has 0 spiro atoms. The van der Waals surface area contributed by atoms with E-state index in [0.717, 1.165) is 17.9 Å². The molecule has 0 fully saturated rings. The van der Waals surface area contributed by atoms with E-state index < -0.39 is 0 Å². The second kappa shape index (κ2) is 7.22. The molecular formula is C16H22FN3O. The first-order valence-corrected chi connectivity index (χ1v) is 7.28. The van der Waals surface area contributed by atoms with Gasteiger partial charge in [0.1, 0.15) is 12.1 Å². The Morgan fingerprint density at radius 2 is 2.19 bits per heavy atom. The summed E-state index contributed by atoms with van der Waals surface area (Å²) < 4.78 is 18.9. The van der Waals surface area contributed by atoms with E-state index in [-0.39, 0.29) is 5.82 Å². The standard InChI is InChI=1S/C16H22FN3O/c1-4-20(15-7-5-6-13(17)8-15)16-19-14(11-21-16)10-18-9-12(2)3/h5-8,11-12,18H,4,9-10H2,1-3H3. The Kier molecular flexibility index (Phi) is 5.33. The van der Waals surface area contributed by atoms with Crippen LogP contribution >= 0.6 is 0 Å². The van der Waals surface area contributed by atoms with Crippen molar-refractivity contribution >= 4 is 11.7 Å². The van der Waals surface area contributed by atoms with E-state index in [1.165, 1.54) is 12.1 Å². The average Bonchev–Trinajstić information content (AvgIpc) is 2.88. The van der Waals surface area contributed by atoms with Crippen molar-refractivity contribution in [3.8, 4) is 0 Å². The first kappa shape index (κ1) is 15.5. The molecule has 0 bridgehead atoms. The third-order valence-electron chi connectivity index (χ3n) is 3.07. The number of aromatic nitrogens is 1. The second-order valence-corrected chi connectivity index (χ2v) is 5.37. The highest BCUT2D eigenvalue weighted by Gasteiger charge is 2.14. The lowest BCUT2D eigenvalue weighted by Gasteiger charge is -2.18. The van der Waals surface area contributed by atoms with E-state index in [9.17, 15) is 4.39 Å². The first-order chi connectivity index (χ1) is 10.1. The van der Waals surface area contributed by atoms with Crippen LogP contribution < -0.4 is 10.2 Å². The number of oxazole rings is 1. The molecule has 0 saturated heterocycles. The normalized spacial score (nSPS) is 11.1. The molecule has 2 rings (SSSR count). The lowest BCUT2D eigenvalue weighted by Crippen LogP contribution is -2.19. The van der Waals surface area contributed by atoms with Crippen LogP contribution in [0, 0.1) is 11.7 Å². The summed E-state index contributed by atoms with van der Waals surface area (Å²) in [6.45, 7) is 8.55. The topological polar surface area (TPSA) is 41.3 Å². The fourth-order valence-corrected chi connectivity index (χ4v) is 2.06. The zero-order valence-corrected chi connectivity index (χ0v) is 12.8. The zero-order chi connectivity index (χ0) is 15.2. The van der Waals surface area contributed by atoms with Crippen molar-refractivity contribution in [3.63, 3.8) is 0 Å². The van der Waals surface area contributed by atoms with Gasteiger partial charge >= 0.3 is 6.01 Å². The van der Waals surface area contributed by atoms with Crippen molar-refractivity contribution in [2.75, 3.05) is 18.0 Å². The third kappa shape index (κ3) is 4.29. The molecule has 0 unspecified atom stereocenters. The van der Waals surface area contributed by atoms with Crippen molar-refractivity contribution in [2.45, 2.75) is 27.3 Å². The Morgan fingerprint density at radius 1 is 1.38 bits per heavy atom. The van der Waals surface area contributed by atoms with Gasteiger partial charge in [0.15, 0.2) is 0 Å². The summed E-state index contributed by atoms with van der Waals surface area (Å²) in [6, 6.07) is 6.91. The fraction of sp³-hybridized carbons (Fsp3) is 0.438. The Balaban J connectivity index is 2.07. The van der Waals surface area contributed by atoms with Gasteiger partial charge in [0.05, 0.1) is 5.69 Å². The Morgan fingerprint density at radius 3 is 2.86 bits per heavy atom. The van der Waals surface area contributed by atoms with Crippen LogP contribution in [0.4, 0.5) is 16.1 Å². The molecule has 2 aromatic rings. The number of benzene rings is 1. The SMILES string of the molecule is CCN(c1cccc(F)c1)c1nc(CNCC(C)C)co1. The van der Waals surface area contributed by atoms with E-state index in [0.29, 0.717) is 25.0 Å². The lowest BCUT2D eigenvalue weighted by atomic mass is 10.2. The number of nitrogens with zero attached hydrogens (tertiary/aromatic N) is 2. The zero-order valence-electron chi connectivity index (χ0n) is 12.8. The van der Waals surface area contributed by atoms with Crippen LogP contribution in [-0.4, -0.2) is 18.1 Å². The maximum Gasteiger partial charge on any atom is 0.302 e. The number of hydrogen-bond donors (Lipinski definition) is 1. The number of hydrogen-bond acceptors (Lipinski definition) is 4. The van der Waals surface area contributed by atoms with E-state index in [1.807, 2.05) is 17.9 Å². The number of halogens is 1. The van der Waals surface area contributed by atoms with E-state index in [2.05, 4.69) is 24.1 Å². The monoisotopic (exact) mass is 291 g/mol. The van der Waals surface area contributed by atoms with Crippen LogP contribution in [0.2, 0.25) is 0 Å². The van der Waals surface area contributed by atoms with Crippen LogP contribution in [0.3, 0.4) is 0 Å². The summed E-state index contributed by atoms with van der Waals surface area (Å²) in [4.78, 5) is 6.30. The molecule has 0 saturated carbocycles. The smallest absolute Gasteiger partial charge is 0.302 e. The maximum absolute atomic E-state index is 13.3. The quantitative estimate of drug-likeness (QED) is 0.844. The van der Waals surface area contributed by atoms with Crippen molar-refractivity contribution in [1.29, 1.82) is 0 Å². The third-order valence-corrected chi connectivity index (χ3v) is 3.07. The minimum atomic E-state index is -0.267. The molecule has 1 aromatic heterocycles. The summed E-state index contributed by atoms with van der Waals surface area (Å²) in [5, 5.41) is 3.32. The number of anilines is 2. The van der Waals surface area contributed by atoms with Crippen LogP contribution in [0.15, 0.2) is 34.9 Å². The first-order valence-electron chi connectivity index (χ1n) is 7.28. The summed E-state index contributed by atoms with van der Waals surface area (Å²) in [5.74, 6) is 0.326. The van der Waals surface area contributed by atoms with Gasteiger partial charge in [-0.1, -0.05) is 19.9 Å². The second-order valence-electron chi connectivity index (χ2n) is 5.37. The number of nitrogens with one attached hydrogen (secondary N) is 1. The molecule has 0 aliphatic carbocycles. The highest BCUT2D eigenvalue weighted by atomic mass is 19.1. The summed E-state index contributed by atoms with van der Waals surface area (Å²) >= 11 is 0. The molecule has 4 nitrogen and oxygen atoms in total. The fourth-order valence-electron chi connectivity index (χ4n) is 2.06. The van der Waals surface area contributed by atoms with Crippen molar-refractivity contribution in [2.24, 2.45) is 5.92 Å². The Labute approximate surface area is 125 Å². The highest BCUT2D eigenvalue weighted by molar-refractivity contribution is 5.55. The van der Waals surface area contributed by atoms with E-state index in [1.54, 1.807) is 12.3 Å². The molecule has 1 N–H and O–H groups in total. The van der Waals surface area contributed by atoms with Crippen LogP contribution in [0.1, 0.15) is 26.5 Å². The van der Waals surface area contributed by atoms with E-state index in [4.69, 9.17) is 4.42 Å². The molecule has 0 aliphatic heterocycles. The molecule has 0 radical (unpaired) electrons. The van der Waals surface area contributed by atoms with Gasteiger partial charge in [-0.2, -0.15) is 4.98 Å². The predicted octanol–water partition coefficient (Wildman–Crippen LogP) is 3.72. The number of rotatable bonds is 7. The van der Waals surface area contributed by atoms with Crippen LogP contribution in [0.5, 0.6) is 0 Å². The predicted molar refractivity (Wildman–Crippen MR) is 82.1 cm³/mol. The van der Waals surface area contributed by atoms with Crippen LogP contribution in [0.25, 0.3) is 0 Å². The lowest BCUT2D eigenvalue weighted by molar-refractivity contribution is 0.539.